The van der Waals surface area contributed by atoms with Gasteiger partial charge >= 0.3 is 12.1 Å². The molecule has 0 fully saturated rings. The van der Waals surface area contributed by atoms with E-state index in [-0.39, 0.29) is 5.75 Å². The van der Waals surface area contributed by atoms with Crippen LogP contribution in [0.3, 0.4) is 0 Å². The number of alkyl halides is 5. The van der Waals surface area contributed by atoms with Crippen molar-refractivity contribution < 1.29 is 45.0 Å². The molecule has 2 aromatic rings. The highest BCUT2D eigenvalue weighted by molar-refractivity contribution is 7.89. The van der Waals surface area contributed by atoms with Crippen molar-refractivity contribution in [3.05, 3.63) is 47.0 Å². The minimum atomic E-state index is -4.68. The van der Waals surface area contributed by atoms with Crippen LogP contribution in [0.15, 0.2) is 41.3 Å². The lowest BCUT2D eigenvalue weighted by Gasteiger charge is -2.30. The molecule has 7 nitrogen and oxygen atoms in total. The van der Waals surface area contributed by atoms with Crippen molar-refractivity contribution in [3.63, 3.8) is 0 Å². The summed E-state index contributed by atoms with van der Waals surface area (Å²) < 4.78 is 97.1. The first kappa shape index (κ1) is 28.6. The molecule has 0 unspecified atom stereocenters. The number of carboxylic acid groups (broad SMARTS) is 1. The van der Waals surface area contributed by atoms with Crippen molar-refractivity contribution in [1.29, 1.82) is 0 Å². The maximum absolute atomic E-state index is 14.0. The Bertz CT molecular complexity index is 1160. The van der Waals surface area contributed by atoms with E-state index in [9.17, 15) is 40.3 Å². The summed E-state index contributed by atoms with van der Waals surface area (Å²) in [4.78, 5) is 11.6. The van der Waals surface area contributed by atoms with Crippen molar-refractivity contribution in [1.82, 2.24) is 0 Å². The Morgan fingerprint density at radius 1 is 1.09 bits per heavy atom. The first-order chi connectivity index (χ1) is 16.0. The summed E-state index contributed by atoms with van der Waals surface area (Å²) in [5, 5.41) is 15.0. The zero-order chi connectivity index (χ0) is 26.6. The molecule has 0 aliphatic carbocycles. The first-order valence-corrected chi connectivity index (χ1v) is 12.0. The summed E-state index contributed by atoms with van der Waals surface area (Å²) >= 11 is 5.81. The standard InChI is InChI=1S/C21H22ClF5N2O5S/c1-2-20(23,24)7-9-29(10-8-21(25,26)27)16-11-13(19(30)31)12-17(35(28,32)33)18(16)34-15-5-3-14(22)4-6-15/h3-6,11-12H,2,7-10H2,1H3,(H,30,31)(H2,28,32,33). The van der Waals surface area contributed by atoms with Gasteiger partial charge in [0.2, 0.25) is 15.9 Å². The predicted molar refractivity (Wildman–Crippen MR) is 119 cm³/mol. The average Bonchev–Trinajstić information content (AvgIpc) is 2.74. The lowest BCUT2D eigenvalue weighted by Crippen LogP contribution is -2.33. The smallest absolute Gasteiger partial charge is 0.390 e. The number of hydrogen-bond donors (Lipinski definition) is 2. The number of hydrogen-bond acceptors (Lipinski definition) is 5. The lowest BCUT2D eigenvalue weighted by atomic mass is 10.1. The number of aromatic carboxylic acids is 1. The van der Waals surface area contributed by atoms with Crippen LogP contribution in [0, 0.1) is 0 Å². The highest BCUT2D eigenvalue weighted by Crippen LogP contribution is 2.41. The van der Waals surface area contributed by atoms with Crippen LogP contribution in [-0.2, 0) is 10.0 Å². The number of halogens is 6. The zero-order valence-electron chi connectivity index (χ0n) is 18.3. The summed E-state index contributed by atoms with van der Waals surface area (Å²) in [6.45, 7) is -0.353. The maximum Gasteiger partial charge on any atom is 0.390 e. The minimum absolute atomic E-state index is 0.0155. The van der Waals surface area contributed by atoms with Crippen molar-refractivity contribution in [3.8, 4) is 11.5 Å². The number of benzene rings is 2. The van der Waals surface area contributed by atoms with Gasteiger partial charge in [-0.25, -0.2) is 27.1 Å². The molecule has 0 amide bonds. The van der Waals surface area contributed by atoms with Crippen LogP contribution in [-0.4, -0.2) is 44.7 Å². The molecule has 0 saturated carbocycles. The molecule has 14 heteroatoms. The predicted octanol–water partition coefficient (Wildman–Crippen LogP) is 5.67. The molecular formula is C21H22ClF5N2O5S. The van der Waals surface area contributed by atoms with Gasteiger partial charge in [-0.2, -0.15) is 13.2 Å². The van der Waals surface area contributed by atoms with Gasteiger partial charge in [0.1, 0.15) is 10.6 Å². The van der Waals surface area contributed by atoms with Crippen molar-refractivity contribution in [2.45, 2.75) is 43.2 Å². The minimum Gasteiger partial charge on any atom is -0.478 e. The van der Waals surface area contributed by atoms with Gasteiger partial charge in [0.05, 0.1) is 17.7 Å². The van der Waals surface area contributed by atoms with Crippen LogP contribution in [0.25, 0.3) is 0 Å². The van der Waals surface area contributed by atoms with Gasteiger partial charge in [0, 0.05) is 31.0 Å². The SMILES string of the molecule is CCC(F)(F)CCN(CCC(F)(F)F)c1cc(C(=O)O)cc(S(N)(=O)=O)c1Oc1ccc(Cl)cc1. The van der Waals surface area contributed by atoms with Gasteiger partial charge in [-0.15, -0.1) is 0 Å². The molecule has 0 spiro atoms. The fraction of sp³-hybridized carbons (Fsp3) is 0.381. The quantitative estimate of drug-likeness (QED) is 0.353. The van der Waals surface area contributed by atoms with Crippen molar-refractivity contribution in [2.75, 3.05) is 18.0 Å². The van der Waals surface area contributed by atoms with E-state index < -0.39 is 82.3 Å². The third kappa shape index (κ3) is 8.51. The summed E-state index contributed by atoms with van der Waals surface area (Å²) in [6.07, 6.45) is -7.61. The third-order valence-electron chi connectivity index (χ3n) is 4.89. The van der Waals surface area contributed by atoms with E-state index >= 15 is 0 Å². The number of ether oxygens (including phenoxy) is 1. The number of carboxylic acids is 1. The molecule has 0 heterocycles. The van der Waals surface area contributed by atoms with E-state index in [2.05, 4.69) is 0 Å². The molecule has 0 radical (unpaired) electrons. The molecule has 2 rings (SSSR count). The summed E-state index contributed by atoms with van der Waals surface area (Å²) in [5.74, 6) is -5.48. The molecule has 0 aromatic heterocycles. The van der Waals surface area contributed by atoms with Crippen molar-refractivity contribution >= 4 is 33.3 Å². The van der Waals surface area contributed by atoms with Gasteiger partial charge in [0.25, 0.3) is 0 Å². The Balaban J connectivity index is 2.74. The molecule has 2 aromatic carbocycles. The number of sulfonamides is 1. The first-order valence-electron chi connectivity index (χ1n) is 10.1. The second kappa shape index (κ2) is 11.0. The van der Waals surface area contributed by atoms with Gasteiger partial charge in [0.15, 0.2) is 5.75 Å². The second-order valence-electron chi connectivity index (χ2n) is 7.54. The highest BCUT2D eigenvalue weighted by atomic mass is 35.5. The summed E-state index contributed by atoms with van der Waals surface area (Å²) in [5.41, 5.74) is -1.10. The molecule has 194 valence electrons. The monoisotopic (exact) mass is 544 g/mol. The van der Waals surface area contributed by atoms with E-state index in [1.807, 2.05) is 0 Å². The molecule has 0 atom stereocenters. The van der Waals surface area contributed by atoms with E-state index in [0.29, 0.717) is 11.1 Å². The molecule has 0 bridgehead atoms. The van der Waals surface area contributed by atoms with E-state index in [0.717, 1.165) is 11.0 Å². The van der Waals surface area contributed by atoms with E-state index in [4.69, 9.17) is 21.5 Å². The zero-order valence-corrected chi connectivity index (χ0v) is 19.9. The topological polar surface area (TPSA) is 110 Å². The Hall–Kier alpha value is -2.64. The Morgan fingerprint density at radius 3 is 2.14 bits per heavy atom. The molecular weight excluding hydrogens is 523 g/mol. The van der Waals surface area contributed by atoms with E-state index in [1.54, 1.807) is 0 Å². The second-order valence-corrected chi connectivity index (χ2v) is 9.51. The summed E-state index contributed by atoms with van der Waals surface area (Å²) in [7, 11) is -4.68. The van der Waals surface area contributed by atoms with Gasteiger partial charge in [-0.1, -0.05) is 18.5 Å². The van der Waals surface area contributed by atoms with Crippen LogP contribution >= 0.6 is 11.6 Å². The Kier molecular flexibility index (Phi) is 8.95. The molecule has 35 heavy (non-hydrogen) atoms. The molecule has 0 saturated heterocycles. The number of anilines is 1. The van der Waals surface area contributed by atoms with Gasteiger partial charge in [-0.3, -0.25) is 0 Å². The Morgan fingerprint density at radius 2 is 1.66 bits per heavy atom. The van der Waals surface area contributed by atoms with Crippen LogP contribution < -0.4 is 14.8 Å². The van der Waals surface area contributed by atoms with Crippen molar-refractivity contribution in [2.24, 2.45) is 5.14 Å². The molecule has 3 N–H and O–H groups in total. The lowest BCUT2D eigenvalue weighted by molar-refractivity contribution is -0.132. The number of primary sulfonamides is 1. The van der Waals surface area contributed by atoms with Crippen LogP contribution in [0.5, 0.6) is 11.5 Å². The van der Waals surface area contributed by atoms with Gasteiger partial charge < -0.3 is 14.7 Å². The van der Waals surface area contributed by atoms with Crippen LogP contribution in [0.1, 0.15) is 36.5 Å². The number of rotatable bonds is 11. The maximum atomic E-state index is 14.0. The normalized spacial score (nSPS) is 12.5. The fourth-order valence-corrected chi connectivity index (χ4v) is 3.79. The highest BCUT2D eigenvalue weighted by Gasteiger charge is 2.33. The molecule has 0 aliphatic rings. The Labute approximate surface area is 203 Å². The average molecular weight is 545 g/mol. The number of nitrogens with two attached hydrogens (primary N) is 1. The third-order valence-corrected chi connectivity index (χ3v) is 6.06. The number of nitrogens with zero attached hydrogens (tertiary/aromatic N) is 1. The fourth-order valence-electron chi connectivity index (χ4n) is 2.97. The number of carbonyl (C=O) groups is 1. The largest absolute Gasteiger partial charge is 0.478 e. The van der Waals surface area contributed by atoms with Crippen LogP contribution in [0.4, 0.5) is 27.6 Å². The molecule has 0 aliphatic heterocycles. The van der Waals surface area contributed by atoms with E-state index in [1.165, 1.54) is 31.2 Å². The summed E-state index contributed by atoms with van der Waals surface area (Å²) in [6, 6.07) is 6.91. The van der Waals surface area contributed by atoms with Crippen LogP contribution in [0.2, 0.25) is 5.02 Å². The van der Waals surface area contributed by atoms with Gasteiger partial charge in [-0.05, 0) is 36.4 Å².